The third-order valence-electron chi connectivity index (χ3n) is 3.91. The smallest absolute Gasteiger partial charge is 0.246 e. The van der Waals surface area contributed by atoms with Gasteiger partial charge in [-0.25, -0.2) is 21.6 Å². The van der Waals surface area contributed by atoms with Gasteiger partial charge in [0.25, 0.3) is 0 Å². The molecule has 1 fully saturated rings. The van der Waals surface area contributed by atoms with E-state index in [9.17, 15) is 21.6 Å². The van der Waals surface area contributed by atoms with Crippen LogP contribution in [-0.4, -0.2) is 32.4 Å². The molecule has 0 aromatic heterocycles. The molecule has 1 N–H and O–H groups in total. The maximum Gasteiger partial charge on any atom is 0.246 e. The summed E-state index contributed by atoms with van der Waals surface area (Å²) in [5.74, 6) is -2.35. The Hall–Kier alpha value is -1.61. The number of rotatable bonds is 3. The number of hydrogen-bond donors (Lipinski definition) is 1. The lowest BCUT2D eigenvalue weighted by molar-refractivity contribution is 0.270. The second kappa shape index (κ2) is 7.74. The largest absolute Gasteiger partial charge is 0.313 e. The van der Waals surface area contributed by atoms with Crippen LogP contribution in [0.25, 0.3) is 0 Å². The van der Waals surface area contributed by atoms with Crippen LogP contribution < -0.4 is 5.32 Å². The highest BCUT2D eigenvalue weighted by molar-refractivity contribution is 7.89. The van der Waals surface area contributed by atoms with Crippen molar-refractivity contribution in [3.63, 3.8) is 0 Å². The summed E-state index contributed by atoms with van der Waals surface area (Å²) in [4.78, 5) is -0.717. The lowest BCUT2D eigenvalue weighted by Gasteiger charge is -2.35. The number of sulfonamides is 1. The molecule has 2 aromatic carbocycles. The van der Waals surface area contributed by atoms with Gasteiger partial charge < -0.3 is 5.32 Å². The number of piperazine rings is 1. The molecule has 0 spiro atoms. The minimum Gasteiger partial charge on any atom is -0.313 e. The Labute approximate surface area is 150 Å². The number of benzene rings is 2. The normalized spacial score (nSPS) is 18.6. The third-order valence-corrected chi connectivity index (χ3v) is 5.83. The fourth-order valence-corrected chi connectivity index (χ4v) is 4.46. The summed E-state index contributed by atoms with van der Waals surface area (Å²) in [5, 5.41) is 3.04. The summed E-state index contributed by atoms with van der Waals surface area (Å²) in [5.41, 5.74) is 0.447. The molecule has 0 aliphatic carbocycles. The summed E-state index contributed by atoms with van der Waals surface area (Å²) in [7, 11) is -4.27. The van der Waals surface area contributed by atoms with Crippen molar-refractivity contribution in [1.82, 2.24) is 9.62 Å². The maximum absolute atomic E-state index is 14.0. The number of nitrogens with one attached hydrogen (secondary N) is 1. The van der Waals surface area contributed by atoms with Crippen LogP contribution in [0.1, 0.15) is 11.6 Å². The SMILES string of the molecule is Cl.O=S(=O)(c1cc(F)ccc1F)N1CCNCC1c1cccc(F)c1. The minimum atomic E-state index is -4.27. The second-order valence-corrected chi connectivity index (χ2v) is 7.32. The molecule has 2 aromatic rings. The van der Waals surface area contributed by atoms with Crippen LogP contribution in [0.15, 0.2) is 47.4 Å². The summed E-state index contributed by atoms with van der Waals surface area (Å²) in [6.07, 6.45) is 0. The highest BCUT2D eigenvalue weighted by Crippen LogP contribution is 2.30. The van der Waals surface area contributed by atoms with E-state index >= 15 is 0 Å². The molecule has 136 valence electrons. The summed E-state index contributed by atoms with van der Waals surface area (Å²) in [6, 6.07) is 7.17. The average Bonchev–Trinajstić information content (AvgIpc) is 2.57. The first-order valence-electron chi connectivity index (χ1n) is 7.32. The van der Waals surface area contributed by atoms with Crippen molar-refractivity contribution in [1.29, 1.82) is 0 Å². The van der Waals surface area contributed by atoms with Crippen molar-refractivity contribution in [2.75, 3.05) is 19.6 Å². The molecule has 25 heavy (non-hydrogen) atoms. The van der Waals surface area contributed by atoms with E-state index in [1.807, 2.05) is 0 Å². The number of halogens is 4. The van der Waals surface area contributed by atoms with Gasteiger partial charge in [-0.2, -0.15) is 4.31 Å². The fraction of sp³-hybridized carbons (Fsp3) is 0.250. The van der Waals surface area contributed by atoms with Crippen molar-refractivity contribution in [3.05, 3.63) is 65.5 Å². The topological polar surface area (TPSA) is 49.4 Å². The van der Waals surface area contributed by atoms with Crippen LogP contribution >= 0.6 is 12.4 Å². The molecular weight excluding hydrogens is 377 g/mol. The van der Waals surface area contributed by atoms with Crippen molar-refractivity contribution < 1.29 is 21.6 Å². The molecule has 0 bridgehead atoms. The van der Waals surface area contributed by atoms with E-state index < -0.39 is 38.4 Å². The van der Waals surface area contributed by atoms with Gasteiger partial charge in [-0.3, -0.25) is 0 Å². The fourth-order valence-electron chi connectivity index (χ4n) is 2.77. The first-order chi connectivity index (χ1) is 11.4. The van der Waals surface area contributed by atoms with Gasteiger partial charge in [-0.05, 0) is 35.9 Å². The second-order valence-electron chi connectivity index (χ2n) is 5.47. The molecule has 9 heteroatoms. The first-order valence-corrected chi connectivity index (χ1v) is 8.76. The molecule has 1 unspecified atom stereocenters. The molecule has 3 rings (SSSR count). The lowest BCUT2D eigenvalue weighted by Crippen LogP contribution is -2.48. The molecule has 0 amide bonds. The number of hydrogen-bond acceptors (Lipinski definition) is 3. The zero-order chi connectivity index (χ0) is 17.3. The van der Waals surface area contributed by atoms with E-state index in [0.717, 1.165) is 16.4 Å². The summed E-state index contributed by atoms with van der Waals surface area (Å²) in [6.45, 7) is 0.682. The van der Waals surface area contributed by atoms with Crippen LogP contribution in [0.5, 0.6) is 0 Å². The molecule has 1 aliphatic rings. The highest BCUT2D eigenvalue weighted by Gasteiger charge is 2.36. The number of nitrogens with zero attached hydrogens (tertiary/aromatic N) is 1. The van der Waals surface area contributed by atoms with Gasteiger partial charge in [-0.1, -0.05) is 12.1 Å². The van der Waals surface area contributed by atoms with Crippen LogP contribution in [0, 0.1) is 17.5 Å². The van der Waals surface area contributed by atoms with E-state index in [0.29, 0.717) is 18.2 Å². The highest BCUT2D eigenvalue weighted by atomic mass is 35.5. The Morgan fingerprint density at radius 1 is 1.04 bits per heavy atom. The Morgan fingerprint density at radius 3 is 2.48 bits per heavy atom. The molecule has 1 heterocycles. The van der Waals surface area contributed by atoms with Crippen LogP contribution in [0.3, 0.4) is 0 Å². The van der Waals surface area contributed by atoms with Gasteiger partial charge >= 0.3 is 0 Å². The summed E-state index contributed by atoms with van der Waals surface area (Å²) < 4.78 is 67.6. The van der Waals surface area contributed by atoms with Crippen molar-refractivity contribution >= 4 is 22.4 Å². The van der Waals surface area contributed by atoms with Gasteiger partial charge in [0.1, 0.15) is 22.3 Å². The van der Waals surface area contributed by atoms with E-state index in [4.69, 9.17) is 0 Å². The quantitative estimate of drug-likeness (QED) is 0.873. The predicted octanol–water partition coefficient (Wildman–Crippen LogP) is 2.86. The van der Waals surface area contributed by atoms with Crippen LogP contribution in [0.2, 0.25) is 0 Å². The van der Waals surface area contributed by atoms with Crippen molar-refractivity contribution in [3.8, 4) is 0 Å². The Morgan fingerprint density at radius 2 is 1.76 bits per heavy atom. The lowest BCUT2D eigenvalue weighted by atomic mass is 10.1. The van der Waals surface area contributed by atoms with E-state index in [1.165, 1.54) is 18.2 Å². The molecular formula is C16H16ClF3N2O2S. The molecule has 0 saturated carbocycles. The monoisotopic (exact) mass is 392 g/mol. The zero-order valence-electron chi connectivity index (χ0n) is 13.0. The van der Waals surface area contributed by atoms with Crippen molar-refractivity contribution in [2.45, 2.75) is 10.9 Å². The molecule has 1 aliphatic heterocycles. The Kier molecular flexibility index (Phi) is 6.10. The first kappa shape index (κ1) is 19.7. The van der Waals surface area contributed by atoms with Crippen LogP contribution in [-0.2, 0) is 10.0 Å². The molecule has 0 radical (unpaired) electrons. The van der Waals surface area contributed by atoms with Crippen LogP contribution in [0.4, 0.5) is 13.2 Å². The predicted molar refractivity (Wildman–Crippen MR) is 89.5 cm³/mol. The molecule has 1 atom stereocenters. The van der Waals surface area contributed by atoms with E-state index in [-0.39, 0.29) is 25.5 Å². The van der Waals surface area contributed by atoms with Gasteiger partial charge in [0.05, 0.1) is 6.04 Å². The van der Waals surface area contributed by atoms with Gasteiger partial charge in [0, 0.05) is 19.6 Å². The van der Waals surface area contributed by atoms with Gasteiger partial charge in [0.15, 0.2) is 0 Å². The van der Waals surface area contributed by atoms with E-state index in [1.54, 1.807) is 6.07 Å². The Bertz CT molecular complexity index is 864. The standard InChI is InChI=1S/C16H15F3N2O2S.ClH/c17-12-3-1-2-11(8-12)15-10-20-6-7-21(15)24(22,23)16-9-13(18)4-5-14(16)19;/h1-5,8-9,15,20H,6-7,10H2;1H. The summed E-state index contributed by atoms with van der Waals surface area (Å²) >= 11 is 0. The van der Waals surface area contributed by atoms with Crippen molar-refractivity contribution in [2.24, 2.45) is 0 Å². The Balaban J connectivity index is 0.00000225. The molecule has 1 saturated heterocycles. The average molecular weight is 393 g/mol. The van der Waals surface area contributed by atoms with Gasteiger partial charge in [0.2, 0.25) is 10.0 Å². The zero-order valence-corrected chi connectivity index (χ0v) is 14.6. The maximum atomic E-state index is 14.0. The minimum absolute atomic E-state index is 0. The van der Waals surface area contributed by atoms with E-state index in [2.05, 4.69) is 5.32 Å². The molecule has 4 nitrogen and oxygen atoms in total. The van der Waals surface area contributed by atoms with Gasteiger partial charge in [-0.15, -0.1) is 12.4 Å². The third kappa shape index (κ3) is 3.98.